The lowest BCUT2D eigenvalue weighted by molar-refractivity contribution is -0.147. The molecule has 0 bridgehead atoms. The van der Waals surface area contributed by atoms with Crippen molar-refractivity contribution in [3.63, 3.8) is 0 Å². The van der Waals surface area contributed by atoms with Gasteiger partial charge in [0.05, 0.1) is 17.6 Å². The summed E-state index contributed by atoms with van der Waals surface area (Å²) >= 11 is 0. The first-order chi connectivity index (χ1) is 17.3. The molecule has 36 heavy (non-hydrogen) atoms. The minimum absolute atomic E-state index is 0.113. The fraction of sp³-hybridized carbons (Fsp3) is 0.276. The second kappa shape index (κ2) is 13.5. The normalized spacial score (nSPS) is 11.5. The van der Waals surface area contributed by atoms with Gasteiger partial charge in [-0.25, -0.2) is 8.42 Å². The van der Waals surface area contributed by atoms with Crippen molar-refractivity contribution in [2.45, 2.75) is 50.5 Å². The van der Waals surface area contributed by atoms with E-state index in [1.54, 1.807) is 42.5 Å². The number of anilines is 1. The van der Waals surface area contributed by atoms with Gasteiger partial charge >= 0.3 is 5.97 Å². The van der Waals surface area contributed by atoms with Gasteiger partial charge < -0.3 is 9.47 Å². The molecule has 0 saturated heterocycles. The average Bonchev–Trinajstić information content (AvgIpc) is 2.85. The Balaban J connectivity index is 1.46. The molecule has 0 aromatic heterocycles. The van der Waals surface area contributed by atoms with Crippen LogP contribution in [-0.2, 0) is 26.0 Å². The maximum absolute atomic E-state index is 12.5. The minimum atomic E-state index is -3.62. The summed E-state index contributed by atoms with van der Waals surface area (Å²) in [5.74, 6) is 0.583. The quantitative estimate of drug-likeness (QED) is 0.219. The molecule has 0 unspecified atom stereocenters. The van der Waals surface area contributed by atoms with Crippen LogP contribution in [0.25, 0.3) is 6.08 Å². The molecule has 0 amide bonds. The van der Waals surface area contributed by atoms with E-state index in [9.17, 15) is 13.2 Å². The zero-order chi connectivity index (χ0) is 25.8. The fourth-order valence-electron chi connectivity index (χ4n) is 3.53. The van der Waals surface area contributed by atoms with Gasteiger partial charge in [0.25, 0.3) is 10.0 Å². The van der Waals surface area contributed by atoms with Gasteiger partial charge in [-0.2, -0.15) is 0 Å². The molecule has 1 N–H and O–H groups in total. The Bertz CT molecular complexity index is 1250. The number of sulfonamides is 1. The molecule has 7 heteroatoms. The zero-order valence-electron chi connectivity index (χ0n) is 20.7. The molecular weight excluding hydrogens is 474 g/mol. The highest BCUT2D eigenvalue weighted by Crippen LogP contribution is 2.21. The van der Waals surface area contributed by atoms with E-state index >= 15 is 0 Å². The number of esters is 1. The first-order valence-corrected chi connectivity index (χ1v) is 13.6. The Hall–Kier alpha value is -3.58. The topological polar surface area (TPSA) is 81.7 Å². The van der Waals surface area contributed by atoms with E-state index < -0.39 is 10.0 Å². The lowest BCUT2D eigenvalue weighted by Gasteiger charge is -2.12. The van der Waals surface area contributed by atoms with Gasteiger partial charge in [-0.3, -0.25) is 9.52 Å². The summed E-state index contributed by atoms with van der Waals surface area (Å²) in [6.45, 7) is 4.23. The van der Waals surface area contributed by atoms with E-state index in [2.05, 4.69) is 4.72 Å². The number of carbonyl (C=O) groups excluding carboxylic acids is 1. The van der Waals surface area contributed by atoms with E-state index in [4.69, 9.17) is 9.47 Å². The summed E-state index contributed by atoms with van der Waals surface area (Å²) in [5.41, 5.74) is 2.41. The molecule has 0 aliphatic heterocycles. The van der Waals surface area contributed by atoms with Crippen LogP contribution < -0.4 is 9.46 Å². The van der Waals surface area contributed by atoms with E-state index in [1.165, 1.54) is 0 Å². The number of para-hydroxylation sites is 1. The van der Waals surface area contributed by atoms with Crippen LogP contribution in [-0.4, -0.2) is 27.1 Å². The summed E-state index contributed by atoms with van der Waals surface area (Å²) < 4.78 is 38.9. The Morgan fingerprint density at radius 3 is 2.50 bits per heavy atom. The number of hydrogen-bond acceptors (Lipinski definition) is 5. The molecule has 0 atom stereocenters. The van der Waals surface area contributed by atoms with Gasteiger partial charge in [-0.05, 0) is 74.6 Å². The van der Waals surface area contributed by atoms with Gasteiger partial charge in [0.1, 0.15) is 5.75 Å². The van der Waals surface area contributed by atoms with Crippen LogP contribution in [0.4, 0.5) is 5.69 Å². The molecule has 0 fully saturated rings. The largest absolute Gasteiger partial charge is 0.493 e. The molecule has 3 rings (SSSR count). The third kappa shape index (κ3) is 8.89. The Morgan fingerprint density at radius 1 is 0.972 bits per heavy atom. The average molecular weight is 508 g/mol. The smallest absolute Gasteiger partial charge is 0.306 e. The van der Waals surface area contributed by atoms with E-state index in [0.717, 1.165) is 29.7 Å². The monoisotopic (exact) mass is 507 g/mol. The predicted octanol–water partition coefficient (Wildman–Crippen LogP) is 6.24. The Labute approximate surface area is 214 Å². The first-order valence-electron chi connectivity index (χ1n) is 12.1. The highest BCUT2D eigenvalue weighted by molar-refractivity contribution is 7.92. The van der Waals surface area contributed by atoms with Crippen LogP contribution in [0.2, 0.25) is 0 Å². The molecule has 6 nitrogen and oxygen atoms in total. The zero-order valence-corrected chi connectivity index (χ0v) is 21.5. The van der Waals surface area contributed by atoms with Gasteiger partial charge in [0.2, 0.25) is 0 Å². The second-order valence-electron chi connectivity index (χ2n) is 8.58. The maximum Gasteiger partial charge on any atom is 0.306 e. The van der Waals surface area contributed by atoms with Crippen molar-refractivity contribution in [1.29, 1.82) is 0 Å². The summed E-state index contributed by atoms with van der Waals surface area (Å²) in [5, 5.41) is 0. The van der Waals surface area contributed by atoms with Crippen LogP contribution in [0.15, 0.2) is 89.8 Å². The lowest BCUT2D eigenvalue weighted by Crippen LogP contribution is -2.12. The molecule has 0 aliphatic rings. The molecule has 0 aliphatic carbocycles. The van der Waals surface area contributed by atoms with Crippen LogP contribution in [0.1, 0.15) is 44.2 Å². The second-order valence-corrected chi connectivity index (χ2v) is 10.3. The number of carbonyl (C=O) groups is 1. The van der Waals surface area contributed by atoms with E-state index in [1.807, 2.05) is 62.4 Å². The van der Waals surface area contributed by atoms with Crippen LogP contribution in [0.3, 0.4) is 0 Å². The van der Waals surface area contributed by atoms with Crippen molar-refractivity contribution < 1.29 is 22.7 Å². The van der Waals surface area contributed by atoms with E-state index in [0.29, 0.717) is 25.1 Å². The van der Waals surface area contributed by atoms with Crippen molar-refractivity contribution in [3.05, 3.63) is 96.1 Å². The van der Waals surface area contributed by atoms with Gasteiger partial charge in [-0.15, -0.1) is 0 Å². The highest BCUT2D eigenvalue weighted by Gasteiger charge is 2.13. The number of aryl methyl sites for hydroxylation is 1. The Kier molecular flexibility index (Phi) is 10.1. The van der Waals surface area contributed by atoms with Crippen LogP contribution in [0, 0.1) is 0 Å². The maximum atomic E-state index is 12.5. The molecule has 0 heterocycles. The molecule has 3 aromatic rings. The number of rotatable bonds is 13. The molecule has 190 valence electrons. The van der Waals surface area contributed by atoms with Crippen molar-refractivity contribution in [3.8, 4) is 5.75 Å². The molecule has 0 spiro atoms. The summed E-state index contributed by atoms with van der Waals surface area (Å²) in [7, 11) is -3.62. The SMILES string of the molecule is CC(C)OC(=O)CCc1ccccc1OCCC/C=C\c1cccc(NS(=O)(=O)c2ccccc2)c1. The lowest BCUT2D eigenvalue weighted by atomic mass is 10.1. The predicted molar refractivity (Wildman–Crippen MR) is 143 cm³/mol. The van der Waals surface area contributed by atoms with Gasteiger partial charge in [-0.1, -0.05) is 60.7 Å². The summed E-state index contributed by atoms with van der Waals surface area (Å²) in [6.07, 6.45) is 6.42. The van der Waals surface area contributed by atoms with Gasteiger partial charge in [0.15, 0.2) is 0 Å². The third-order valence-electron chi connectivity index (χ3n) is 5.21. The third-order valence-corrected chi connectivity index (χ3v) is 6.61. The summed E-state index contributed by atoms with van der Waals surface area (Å²) in [4.78, 5) is 12.1. The molecule has 0 radical (unpaired) electrons. The number of nitrogens with one attached hydrogen (secondary N) is 1. The minimum Gasteiger partial charge on any atom is -0.493 e. The molecule has 3 aromatic carbocycles. The highest BCUT2D eigenvalue weighted by atomic mass is 32.2. The number of benzene rings is 3. The number of allylic oxidation sites excluding steroid dienone is 1. The Morgan fingerprint density at radius 2 is 1.72 bits per heavy atom. The van der Waals surface area contributed by atoms with E-state index in [-0.39, 0.29) is 17.0 Å². The van der Waals surface area contributed by atoms with Crippen molar-refractivity contribution >= 4 is 27.8 Å². The molecular formula is C29H33NO5S. The van der Waals surface area contributed by atoms with Crippen molar-refractivity contribution in [2.75, 3.05) is 11.3 Å². The fourth-order valence-corrected chi connectivity index (χ4v) is 4.60. The van der Waals surface area contributed by atoms with Gasteiger partial charge in [0, 0.05) is 12.1 Å². The van der Waals surface area contributed by atoms with Crippen LogP contribution in [0.5, 0.6) is 5.75 Å². The van der Waals surface area contributed by atoms with Crippen LogP contribution >= 0.6 is 0 Å². The van der Waals surface area contributed by atoms with Crippen molar-refractivity contribution in [1.82, 2.24) is 0 Å². The number of hydrogen-bond donors (Lipinski definition) is 1. The van der Waals surface area contributed by atoms with Crippen molar-refractivity contribution in [2.24, 2.45) is 0 Å². The standard InChI is InChI=1S/C29H33NO5S/c1-23(2)35-29(31)20-19-25-14-8-9-18-28(25)34-21-10-4-5-12-24-13-11-15-26(22-24)30-36(32,33)27-16-6-3-7-17-27/h3,5-9,11-18,22-23,30H,4,10,19-21H2,1-2H3/b12-5-. The molecule has 0 saturated carbocycles. The first kappa shape index (κ1) is 27.0. The number of ether oxygens (including phenoxy) is 2. The summed E-state index contributed by atoms with van der Waals surface area (Å²) in [6, 6.07) is 23.3. The number of unbranched alkanes of at least 4 members (excludes halogenated alkanes) is 1.